The number of aliphatic hydroxyl groups excluding tert-OH is 1. The molecule has 2 aromatic heterocycles. The number of amides is 1. The molecular weight excluding hydrogens is 689 g/mol. The third-order valence-electron chi connectivity index (χ3n) is 8.49. The predicted octanol–water partition coefficient (Wildman–Crippen LogP) is 3.84. The van der Waals surface area contributed by atoms with Crippen molar-refractivity contribution in [3.8, 4) is 28.6 Å². The Morgan fingerprint density at radius 2 is 1.88 bits per heavy atom. The van der Waals surface area contributed by atoms with Crippen LogP contribution < -0.4 is 25.1 Å². The van der Waals surface area contributed by atoms with E-state index in [1.165, 1.54) is 6.20 Å². The number of halogens is 4. The molecule has 1 saturated heterocycles. The normalized spacial score (nSPS) is 16.6. The van der Waals surface area contributed by atoms with Crippen molar-refractivity contribution in [1.82, 2.24) is 24.8 Å². The van der Waals surface area contributed by atoms with E-state index in [0.29, 0.717) is 57.0 Å². The van der Waals surface area contributed by atoms with Crippen molar-refractivity contribution in [2.24, 2.45) is 0 Å². The fourth-order valence-corrected chi connectivity index (χ4v) is 6.11. The highest BCUT2D eigenvalue weighted by atomic mass is 35.5. The molecule has 1 atom stereocenters. The second kappa shape index (κ2) is 14.1. The molecule has 3 aliphatic rings. The molecule has 1 amide bonds. The minimum atomic E-state index is -5.08. The lowest BCUT2D eigenvalue weighted by Gasteiger charge is -2.34. The average molecular weight is 721 g/mol. The van der Waals surface area contributed by atoms with E-state index < -0.39 is 18.2 Å². The van der Waals surface area contributed by atoms with Crippen LogP contribution in [-0.2, 0) is 11.3 Å². The van der Waals surface area contributed by atoms with Crippen molar-refractivity contribution in [3.05, 3.63) is 63.0 Å². The van der Waals surface area contributed by atoms with Gasteiger partial charge in [0.05, 0.1) is 21.7 Å². The summed E-state index contributed by atoms with van der Waals surface area (Å²) in [5, 5.41) is 21.2. The number of carboxylic acid groups (broad SMARTS) is 1. The molecule has 3 aliphatic heterocycles. The fourth-order valence-electron chi connectivity index (χ4n) is 5.90. The highest BCUT2D eigenvalue weighted by molar-refractivity contribution is 6.32. The van der Waals surface area contributed by atoms with E-state index in [1.807, 2.05) is 17.0 Å². The van der Waals surface area contributed by atoms with E-state index in [2.05, 4.69) is 32.2 Å². The van der Waals surface area contributed by atoms with Gasteiger partial charge in [0.2, 0.25) is 6.79 Å². The van der Waals surface area contributed by atoms with Gasteiger partial charge in [-0.2, -0.15) is 13.2 Å². The van der Waals surface area contributed by atoms with Crippen LogP contribution in [0.2, 0.25) is 5.02 Å². The van der Waals surface area contributed by atoms with Gasteiger partial charge in [0.25, 0.3) is 11.5 Å². The fraction of sp³-hybridized carbons (Fsp3) is 0.375. The Hall–Kier alpha value is -5.00. The van der Waals surface area contributed by atoms with Crippen LogP contribution in [0, 0.1) is 0 Å². The number of anilines is 1. The van der Waals surface area contributed by atoms with Crippen LogP contribution >= 0.6 is 11.6 Å². The number of carbonyl (C=O) groups excluding carboxylic acids is 1. The molecule has 0 radical (unpaired) electrons. The van der Waals surface area contributed by atoms with Crippen LogP contribution in [0.25, 0.3) is 22.4 Å². The van der Waals surface area contributed by atoms with Gasteiger partial charge >= 0.3 is 12.1 Å². The summed E-state index contributed by atoms with van der Waals surface area (Å²) in [5.41, 5.74) is 3.41. The van der Waals surface area contributed by atoms with Crippen molar-refractivity contribution in [3.63, 3.8) is 0 Å². The number of benzene rings is 2. The summed E-state index contributed by atoms with van der Waals surface area (Å²) in [4.78, 5) is 50.1. The van der Waals surface area contributed by atoms with Crippen molar-refractivity contribution in [2.45, 2.75) is 37.7 Å². The van der Waals surface area contributed by atoms with Crippen LogP contribution in [0.3, 0.4) is 0 Å². The van der Waals surface area contributed by atoms with Crippen LogP contribution in [0.15, 0.2) is 41.3 Å². The smallest absolute Gasteiger partial charge is 0.489 e. The quantitative estimate of drug-likeness (QED) is 0.178. The Kier molecular flexibility index (Phi) is 9.82. The summed E-state index contributed by atoms with van der Waals surface area (Å²) in [6.45, 7) is 2.69. The highest BCUT2D eigenvalue weighted by Crippen LogP contribution is 2.40. The van der Waals surface area contributed by atoms with Gasteiger partial charge in [0.15, 0.2) is 11.5 Å². The Balaban J connectivity index is 0.000000561. The summed E-state index contributed by atoms with van der Waals surface area (Å²) in [6, 6.07) is 8.95. The largest absolute Gasteiger partial charge is 0.490 e. The molecule has 50 heavy (non-hydrogen) atoms. The number of aliphatic hydroxyl groups is 1. The first-order valence-corrected chi connectivity index (χ1v) is 15.8. The van der Waals surface area contributed by atoms with E-state index in [0.717, 1.165) is 37.0 Å². The summed E-state index contributed by atoms with van der Waals surface area (Å²) in [7, 11) is 2.11. The van der Waals surface area contributed by atoms with Crippen molar-refractivity contribution >= 4 is 40.2 Å². The second-order valence-electron chi connectivity index (χ2n) is 12.0. The van der Waals surface area contributed by atoms with Gasteiger partial charge in [-0.1, -0.05) is 11.6 Å². The van der Waals surface area contributed by atoms with E-state index in [-0.39, 0.29) is 37.5 Å². The second-order valence-corrected chi connectivity index (χ2v) is 12.4. The lowest BCUT2D eigenvalue weighted by molar-refractivity contribution is -0.192. The molecule has 1 fully saturated rings. The lowest BCUT2D eigenvalue weighted by atomic mass is 10.0. The maximum atomic E-state index is 13.3. The molecule has 18 heteroatoms. The SMILES string of the molecule is CN1CCC(N2Cc3cc4[nH]c(-c5c(NC[C@@H](O)COc6cc7c(cc6Cl)OCO7)cc[nH]c5=O)nc4cc3C2=O)CC1.O=C(O)C(F)(F)F. The summed E-state index contributed by atoms with van der Waals surface area (Å²) in [6.07, 6.45) is -2.55. The van der Waals surface area contributed by atoms with E-state index >= 15 is 0 Å². The number of nitrogens with zero attached hydrogens (tertiary/aromatic N) is 3. The molecule has 0 saturated carbocycles. The third-order valence-corrected chi connectivity index (χ3v) is 8.79. The predicted molar refractivity (Wildman–Crippen MR) is 174 cm³/mol. The number of nitrogens with one attached hydrogen (secondary N) is 3. The van der Waals surface area contributed by atoms with Crippen LogP contribution in [0.5, 0.6) is 17.2 Å². The number of aliphatic carboxylic acids is 1. The van der Waals surface area contributed by atoms with Crippen molar-refractivity contribution in [1.29, 1.82) is 0 Å². The molecule has 0 aliphatic carbocycles. The first-order chi connectivity index (χ1) is 23.8. The first kappa shape index (κ1) is 34.8. The number of carboxylic acids is 1. The molecule has 0 spiro atoms. The number of carbonyl (C=O) groups is 2. The number of aromatic nitrogens is 3. The zero-order chi connectivity index (χ0) is 35.7. The first-order valence-electron chi connectivity index (χ1n) is 15.5. The Morgan fingerprint density at radius 3 is 2.58 bits per heavy atom. The number of fused-ring (bicyclic) bond motifs is 3. The molecule has 266 valence electrons. The number of H-pyrrole nitrogens is 2. The van der Waals surface area contributed by atoms with Gasteiger partial charge < -0.3 is 49.5 Å². The molecule has 7 rings (SSSR count). The maximum Gasteiger partial charge on any atom is 0.490 e. The molecule has 14 nitrogen and oxygen atoms in total. The molecule has 4 aromatic rings. The van der Waals surface area contributed by atoms with E-state index in [9.17, 15) is 27.9 Å². The van der Waals surface area contributed by atoms with Gasteiger partial charge in [0.1, 0.15) is 29.8 Å². The van der Waals surface area contributed by atoms with Gasteiger partial charge in [-0.25, -0.2) is 9.78 Å². The van der Waals surface area contributed by atoms with Gasteiger partial charge in [-0.05, 0) is 56.7 Å². The van der Waals surface area contributed by atoms with Gasteiger partial charge in [0, 0.05) is 43.0 Å². The van der Waals surface area contributed by atoms with Crippen molar-refractivity contribution in [2.75, 3.05) is 45.4 Å². The Labute approximate surface area is 286 Å². The monoisotopic (exact) mass is 720 g/mol. The van der Waals surface area contributed by atoms with Crippen LogP contribution in [0.4, 0.5) is 18.9 Å². The average Bonchev–Trinajstić information content (AvgIpc) is 3.78. The molecule has 0 bridgehead atoms. The number of alkyl halides is 3. The van der Waals surface area contributed by atoms with Crippen LogP contribution in [0.1, 0.15) is 28.8 Å². The molecule has 5 N–H and O–H groups in total. The standard InChI is InChI=1S/C30H31ClN6O6.C2HF3O2/c1-36-6-3-17(4-7-36)37-13-16-8-22-23(9-19(16)30(37)40)35-28(34-22)27-21(2-5-32-29(27)39)33-12-18(38)14-41-24-11-26-25(10-20(24)31)42-15-43-26;3-2(4,5)1(6)7/h2,5,8-11,17-18,38H,3-4,6-7,12-15H2,1H3,(H,34,35)(H2,32,33,39);(H,6,7)/t18-;/m1./s1. The lowest BCUT2D eigenvalue weighted by Crippen LogP contribution is -2.43. The third kappa shape index (κ3) is 7.44. The number of likely N-dealkylation sites (tertiary alicyclic amines) is 1. The van der Waals surface area contributed by atoms with Crippen LogP contribution in [-0.4, -0.2) is 105 Å². The molecule has 5 heterocycles. The van der Waals surface area contributed by atoms with Gasteiger partial charge in [-0.15, -0.1) is 0 Å². The molecule has 0 unspecified atom stereocenters. The number of rotatable bonds is 8. The number of aromatic amines is 2. The Morgan fingerprint density at radius 1 is 1.18 bits per heavy atom. The highest BCUT2D eigenvalue weighted by Gasteiger charge is 2.38. The minimum absolute atomic E-state index is 0.0363. The molecular formula is C32H32ClF3N6O8. The number of hydrogen-bond acceptors (Lipinski definition) is 10. The number of hydrogen-bond donors (Lipinski definition) is 5. The Bertz CT molecular complexity index is 1980. The number of imidazole rings is 1. The summed E-state index contributed by atoms with van der Waals surface area (Å²) in [5.74, 6) is -0.931. The number of pyridine rings is 1. The van der Waals surface area contributed by atoms with E-state index in [1.54, 1.807) is 18.2 Å². The summed E-state index contributed by atoms with van der Waals surface area (Å²) < 4.78 is 48.1. The van der Waals surface area contributed by atoms with Crippen molar-refractivity contribution < 1.29 is 47.2 Å². The van der Waals surface area contributed by atoms with Gasteiger partial charge in [-0.3, -0.25) is 9.59 Å². The zero-order valence-corrected chi connectivity index (χ0v) is 27.2. The zero-order valence-electron chi connectivity index (χ0n) is 26.5. The molecule has 2 aromatic carbocycles. The number of ether oxygens (including phenoxy) is 3. The minimum Gasteiger partial charge on any atom is -0.489 e. The number of piperidine rings is 1. The summed E-state index contributed by atoms with van der Waals surface area (Å²) >= 11 is 6.26. The topological polar surface area (TPSA) is 182 Å². The maximum absolute atomic E-state index is 13.3. The van der Waals surface area contributed by atoms with E-state index in [4.69, 9.17) is 35.7 Å².